The number of nitriles is 1. The molecule has 2 aromatic rings. The summed E-state index contributed by atoms with van der Waals surface area (Å²) in [4.78, 5) is 24.7. The van der Waals surface area contributed by atoms with Gasteiger partial charge < -0.3 is 19.9 Å². The number of rotatable bonds is 8. The molecule has 1 atom stereocenters. The number of hydrogen-bond acceptors (Lipinski definition) is 7. The van der Waals surface area contributed by atoms with Gasteiger partial charge in [-0.2, -0.15) is 5.26 Å². The van der Waals surface area contributed by atoms with E-state index in [-0.39, 0.29) is 6.61 Å². The largest absolute Gasteiger partial charge is 0.495 e. The maximum absolute atomic E-state index is 12.2. The van der Waals surface area contributed by atoms with Gasteiger partial charge in [-0.15, -0.1) is 11.8 Å². The van der Waals surface area contributed by atoms with Crippen LogP contribution in [0.3, 0.4) is 0 Å². The third-order valence-electron chi connectivity index (χ3n) is 3.93. The standard InChI is InChI=1S/C20H20N2O5S/c1-4-27-20(25)15-10-9-14(17(26-2)18(15)28-3)16(19(23)24)22-13-7-5-12(11-21)6-8-13/h5-10,16,22H,4H2,1-3H3,(H,23,24). The van der Waals surface area contributed by atoms with Gasteiger partial charge in [-0.3, -0.25) is 0 Å². The fourth-order valence-electron chi connectivity index (χ4n) is 2.67. The van der Waals surface area contributed by atoms with E-state index < -0.39 is 18.0 Å². The van der Waals surface area contributed by atoms with Crippen molar-refractivity contribution in [3.05, 3.63) is 53.1 Å². The minimum atomic E-state index is -1.12. The Morgan fingerprint density at radius 2 is 1.93 bits per heavy atom. The Labute approximate surface area is 167 Å². The number of esters is 1. The monoisotopic (exact) mass is 400 g/mol. The highest BCUT2D eigenvalue weighted by Crippen LogP contribution is 2.39. The molecule has 2 aromatic carbocycles. The molecule has 0 spiro atoms. The van der Waals surface area contributed by atoms with Crippen molar-refractivity contribution >= 4 is 29.4 Å². The number of ether oxygens (including phenoxy) is 2. The van der Waals surface area contributed by atoms with Crippen molar-refractivity contribution in [3.63, 3.8) is 0 Å². The number of nitrogens with zero attached hydrogens (tertiary/aromatic N) is 1. The van der Waals surface area contributed by atoms with E-state index in [0.717, 1.165) is 0 Å². The van der Waals surface area contributed by atoms with Crippen molar-refractivity contribution in [2.24, 2.45) is 0 Å². The lowest BCUT2D eigenvalue weighted by Gasteiger charge is -2.21. The zero-order valence-electron chi connectivity index (χ0n) is 15.7. The molecule has 1 unspecified atom stereocenters. The van der Waals surface area contributed by atoms with Crippen molar-refractivity contribution in [1.29, 1.82) is 5.26 Å². The van der Waals surface area contributed by atoms with Crippen LogP contribution in [-0.4, -0.2) is 37.0 Å². The van der Waals surface area contributed by atoms with Crippen molar-refractivity contribution in [3.8, 4) is 11.8 Å². The number of carbonyl (C=O) groups excluding carboxylic acids is 1. The number of aliphatic carboxylic acids is 1. The van der Waals surface area contributed by atoms with Crippen molar-refractivity contribution in [2.45, 2.75) is 17.9 Å². The molecule has 0 fully saturated rings. The van der Waals surface area contributed by atoms with Crippen LogP contribution in [0.15, 0.2) is 41.3 Å². The zero-order valence-corrected chi connectivity index (χ0v) is 16.5. The molecular weight excluding hydrogens is 380 g/mol. The number of anilines is 1. The number of benzene rings is 2. The van der Waals surface area contributed by atoms with E-state index in [1.165, 1.54) is 24.9 Å². The van der Waals surface area contributed by atoms with Crippen LogP contribution in [0.2, 0.25) is 0 Å². The SMILES string of the molecule is CCOC(=O)c1ccc(C(Nc2ccc(C#N)cc2)C(=O)O)c(OC)c1SC. The predicted molar refractivity (Wildman–Crippen MR) is 106 cm³/mol. The molecule has 0 aliphatic carbocycles. The Hall–Kier alpha value is -3.18. The molecule has 0 radical (unpaired) electrons. The molecule has 2 N–H and O–H groups in total. The summed E-state index contributed by atoms with van der Waals surface area (Å²) in [6.07, 6.45) is 1.77. The summed E-state index contributed by atoms with van der Waals surface area (Å²) in [7, 11) is 1.42. The number of carboxylic acids is 1. The van der Waals surface area contributed by atoms with Gasteiger partial charge in [0, 0.05) is 11.3 Å². The summed E-state index contributed by atoms with van der Waals surface area (Å²) in [5.74, 6) is -1.31. The Kier molecular flexibility index (Phi) is 7.29. The first kappa shape index (κ1) is 21.1. The molecule has 0 saturated heterocycles. The second kappa shape index (κ2) is 9.67. The summed E-state index contributed by atoms with van der Waals surface area (Å²) in [5.41, 5.74) is 1.70. The number of nitrogens with one attached hydrogen (secondary N) is 1. The molecule has 0 aliphatic heterocycles. The summed E-state index contributed by atoms with van der Waals surface area (Å²) in [6.45, 7) is 1.94. The predicted octanol–water partition coefficient (Wildman–Crippen LogP) is 3.70. The number of carbonyl (C=O) groups is 2. The first-order chi connectivity index (χ1) is 13.5. The van der Waals surface area contributed by atoms with Crippen molar-refractivity contribution in [1.82, 2.24) is 0 Å². The zero-order chi connectivity index (χ0) is 20.7. The van der Waals surface area contributed by atoms with E-state index in [4.69, 9.17) is 14.7 Å². The molecule has 0 aromatic heterocycles. The highest BCUT2D eigenvalue weighted by Gasteiger charge is 2.28. The van der Waals surface area contributed by atoms with Crippen LogP contribution in [-0.2, 0) is 9.53 Å². The minimum Gasteiger partial charge on any atom is -0.495 e. The molecule has 28 heavy (non-hydrogen) atoms. The number of hydrogen-bond donors (Lipinski definition) is 2. The number of methoxy groups -OCH3 is 1. The van der Waals surface area contributed by atoms with E-state index in [1.54, 1.807) is 43.5 Å². The van der Waals surface area contributed by atoms with Crippen LogP contribution in [0, 0.1) is 11.3 Å². The van der Waals surface area contributed by atoms with E-state index in [0.29, 0.717) is 33.0 Å². The maximum Gasteiger partial charge on any atom is 0.339 e. The maximum atomic E-state index is 12.2. The average molecular weight is 400 g/mol. The van der Waals surface area contributed by atoms with Gasteiger partial charge in [0.05, 0.1) is 35.8 Å². The van der Waals surface area contributed by atoms with Gasteiger partial charge >= 0.3 is 11.9 Å². The highest BCUT2D eigenvalue weighted by atomic mass is 32.2. The topological polar surface area (TPSA) is 109 Å². The van der Waals surface area contributed by atoms with Gasteiger partial charge in [-0.25, -0.2) is 9.59 Å². The summed E-state index contributed by atoms with van der Waals surface area (Å²) in [6, 6.07) is 10.4. The van der Waals surface area contributed by atoms with Crippen LogP contribution in [0.5, 0.6) is 5.75 Å². The second-order valence-electron chi connectivity index (χ2n) is 5.59. The van der Waals surface area contributed by atoms with Gasteiger partial charge in [0.15, 0.2) is 6.04 Å². The molecule has 8 heteroatoms. The first-order valence-electron chi connectivity index (χ1n) is 8.38. The summed E-state index contributed by atoms with van der Waals surface area (Å²) >= 11 is 1.27. The Morgan fingerprint density at radius 3 is 2.43 bits per heavy atom. The molecule has 0 saturated carbocycles. The number of carboxylic acid groups (broad SMARTS) is 1. The van der Waals surface area contributed by atoms with E-state index >= 15 is 0 Å². The summed E-state index contributed by atoms with van der Waals surface area (Å²) in [5, 5.41) is 21.6. The van der Waals surface area contributed by atoms with Crippen LogP contribution in [0.1, 0.15) is 34.5 Å². The third-order valence-corrected chi connectivity index (χ3v) is 4.74. The van der Waals surface area contributed by atoms with E-state index in [2.05, 4.69) is 5.32 Å². The second-order valence-corrected chi connectivity index (χ2v) is 6.41. The normalized spacial score (nSPS) is 11.2. The fraction of sp³-hybridized carbons (Fsp3) is 0.250. The van der Waals surface area contributed by atoms with Crippen molar-refractivity contribution in [2.75, 3.05) is 25.3 Å². The average Bonchev–Trinajstić information content (AvgIpc) is 2.71. The Balaban J connectivity index is 2.49. The van der Waals surface area contributed by atoms with Crippen LogP contribution < -0.4 is 10.1 Å². The molecular formula is C20H20N2O5S. The molecule has 0 heterocycles. The Bertz CT molecular complexity index is 906. The molecule has 2 rings (SSSR count). The van der Waals surface area contributed by atoms with E-state index in [1.807, 2.05) is 6.07 Å². The molecule has 7 nitrogen and oxygen atoms in total. The fourth-order valence-corrected chi connectivity index (χ4v) is 3.43. The molecule has 0 amide bonds. The quantitative estimate of drug-likeness (QED) is 0.510. The summed E-state index contributed by atoms with van der Waals surface area (Å²) < 4.78 is 10.5. The molecule has 0 aliphatic rings. The lowest BCUT2D eigenvalue weighted by atomic mass is 10.0. The minimum absolute atomic E-state index is 0.231. The van der Waals surface area contributed by atoms with Gasteiger partial charge in [-0.05, 0) is 43.5 Å². The van der Waals surface area contributed by atoms with Crippen LogP contribution in [0.4, 0.5) is 5.69 Å². The Morgan fingerprint density at radius 1 is 1.25 bits per heavy atom. The van der Waals surface area contributed by atoms with Crippen molar-refractivity contribution < 1.29 is 24.2 Å². The molecule has 146 valence electrons. The molecule has 0 bridgehead atoms. The first-order valence-corrected chi connectivity index (χ1v) is 9.60. The lowest BCUT2D eigenvalue weighted by molar-refractivity contribution is -0.138. The van der Waals surface area contributed by atoms with Gasteiger partial charge in [-0.1, -0.05) is 6.07 Å². The third kappa shape index (κ3) is 4.56. The van der Waals surface area contributed by atoms with Gasteiger partial charge in [0.25, 0.3) is 0 Å². The van der Waals surface area contributed by atoms with Gasteiger partial charge in [0.2, 0.25) is 0 Å². The lowest BCUT2D eigenvalue weighted by Crippen LogP contribution is -2.22. The highest BCUT2D eigenvalue weighted by molar-refractivity contribution is 7.98. The van der Waals surface area contributed by atoms with Gasteiger partial charge in [0.1, 0.15) is 5.75 Å². The van der Waals surface area contributed by atoms with E-state index in [9.17, 15) is 14.7 Å². The smallest absolute Gasteiger partial charge is 0.339 e. The van der Waals surface area contributed by atoms with Crippen LogP contribution >= 0.6 is 11.8 Å². The number of thioether (sulfide) groups is 1. The van der Waals surface area contributed by atoms with Crippen LogP contribution in [0.25, 0.3) is 0 Å².